The van der Waals surface area contributed by atoms with Crippen molar-refractivity contribution in [3.05, 3.63) is 0 Å². The van der Waals surface area contributed by atoms with Gasteiger partial charge in [-0.3, -0.25) is 4.79 Å². The first-order chi connectivity index (χ1) is 5.49. The molecule has 6 heteroatoms. The van der Waals surface area contributed by atoms with Crippen LogP contribution in [-0.4, -0.2) is 45.9 Å². The molecule has 0 aliphatic carbocycles. The fraction of sp³-hybridized carbons (Fsp3) is 0.667. The van der Waals surface area contributed by atoms with Crippen molar-refractivity contribution in [1.82, 2.24) is 0 Å². The van der Waals surface area contributed by atoms with Gasteiger partial charge < -0.3 is 25.2 Å². The summed E-state index contributed by atoms with van der Waals surface area (Å²) in [6.07, 6.45) is -3.84. The molecule has 0 radical (unpaired) electrons. The highest BCUT2D eigenvalue weighted by Crippen LogP contribution is 1.98. The Morgan fingerprint density at radius 3 is 2.08 bits per heavy atom. The number of carbonyl (C=O) groups excluding carboxylic acids is 2. The average molecular weight is 177 g/mol. The van der Waals surface area contributed by atoms with Crippen molar-refractivity contribution in [3.8, 4) is 0 Å². The van der Waals surface area contributed by atoms with E-state index in [0.717, 1.165) is 0 Å². The molecule has 0 spiro atoms. The lowest BCUT2D eigenvalue weighted by Crippen LogP contribution is -2.38. The van der Waals surface area contributed by atoms with E-state index in [-0.39, 0.29) is 0 Å². The summed E-state index contributed by atoms with van der Waals surface area (Å²) < 4.78 is 0. The predicted octanol–water partition coefficient (Wildman–Crippen LogP) is -3.59. The molecule has 0 aromatic heterocycles. The number of aliphatic carboxylic acids is 1. The molecule has 0 heterocycles. The van der Waals surface area contributed by atoms with Crippen molar-refractivity contribution < 1.29 is 30.0 Å². The number of rotatable bonds is 5. The number of carboxylic acid groups (broad SMARTS) is 1. The van der Waals surface area contributed by atoms with Gasteiger partial charge in [0.1, 0.15) is 12.1 Å². The van der Waals surface area contributed by atoms with Crippen molar-refractivity contribution >= 4 is 11.8 Å². The molecule has 0 bridgehead atoms. The van der Waals surface area contributed by atoms with Crippen molar-refractivity contribution in [1.29, 1.82) is 0 Å². The van der Waals surface area contributed by atoms with Gasteiger partial charge in [0.15, 0.2) is 5.78 Å². The molecule has 70 valence electrons. The van der Waals surface area contributed by atoms with Crippen LogP contribution in [0.25, 0.3) is 0 Å². The number of carbonyl (C=O) groups is 2. The van der Waals surface area contributed by atoms with Crippen LogP contribution in [0.5, 0.6) is 0 Å². The molecule has 2 unspecified atom stereocenters. The monoisotopic (exact) mass is 177 g/mol. The van der Waals surface area contributed by atoms with E-state index in [1.54, 1.807) is 0 Å². The van der Waals surface area contributed by atoms with E-state index in [1.165, 1.54) is 0 Å². The van der Waals surface area contributed by atoms with Crippen LogP contribution < -0.4 is 5.11 Å². The van der Waals surface area contributed by atoms with Crippen molar-refractivity contribution in [2.75, 3.05) is 6.61 Å². The van der Waals surface area contributed by atoms with E-state index >= 15 is 0 Å². The number of carboxylic acids is 1. The summed E-state index contributed by atoms with van der Waals surface area (Å²) in [7, 11) is 0. The highest BCUT2D eigenvalue weighted by molar-refractivity contribution is 6.31. The highest BCUT2D eigenvalue weighted by Gasteiger charge is 2.18. The molecule has 0 amide bonds. The van der Waals surface area contributed by atoms with Crippen LogP contribution in [0.15, 0.2) is 0 Å². The molecule has 0 fully saturated rings. The highest BCUT2D eigenvalue weighted by atomic mass is 16.4. The Hall–Kier alpha value is -0.980. The maximum Gasteiger partial charge on any atom is 0.180 e. The third kappa shape index (κ3) is 3.42. The van der Waals surface area contributed by atoms with Crippen LogP contribution in [0, 0.1) is 0 Å². The van der Waals surface area contributed by atoms with Crippen LogP contribution >= 0.6 is 0 Å². The zero-order chi connectivity index (χ0) is 9.72. The van der Waals surface area contributed by atoms with E-state index in [2.05, 4.69) is 0 Å². The minimum Gasteiger partial charge on any atom is -0.542 e. The molecule has 12 heavy (non-hydrogen) atoms. The molecule has 0 aliphatic rings. The average Bonchev–Trinajstić information content (AvgIpc) is 2.02. The first-order valence-electron chi connectivity index (χ1n) is 3.20. The second-order valence-corrected chi connectivity index (χ2v) is 2.23. The minimum atomic E-state index is -1.92. The molecule has 0 saturated carbocycles. The third-order valence-corrected chi connectivity index (χ3v) is 1.25. The quantitative estimate of drug-likeness (QED) is 0.373. The topological polar surface area (TPSA) is 118 Å². The first kappa shape index (κ1) is 11.0. The van der Waals surface area contributed by atoms with Gasteiger partial charge in [-0.2, -0.15) is 0 Å². The molecule has 3 N–H and O–H groups in total. The Morgan fingerprint density at radius 2 is 1.75 bits per heavy atom. The van der Waals surface area contributed by atoms with Gasteiger partial charge in [0, 0.05) is 6.42 Å². The summed E-state index contributed by atoms with van der Waals surface area (Å²) in [4.78, 5) is 20.2. The van der Waals surface area contributed by atoms with Crippen molar-refractivity contribution in [2.45, 2.75) is 18.6 Å². The van der Waals surface area contributed by atoms with Gasteiger partial charge in [-0.15, -0.1) is 0 Å². The summed E-state index contributed by atoms with van der Waals surface area (Å²) in [6, 6.07) is 0. The Morgan fingerprint density at radius 1 is 1.25 bits per heavy atom. The molecule has 0 rings (SSSR count). The molecule has 0 saturated heterocycles. The van der Waals surface area contributed by atoms with Crippen LogP contribution in [0.4, 0.5) is 0 Å². The smallest absolute Gasteiger partial charge is 0.180 e. The number of ketones is 1. The summed E-state index contributed by atoms with van der Waals surface area (Å²) in [5, 5.41) is 35.6. The lowest BCUT2D eigenvalue weighted by molar-refractivity contribution is -0.300. The van der Waals surface area contributed by atoms with Gasteiger partial charge >= 0.3 is 0 Å². The Kier molecular flexibility index (Phi) is 4.42. The number of aliphatic hydroxyl groups excluding tert-OH is 3. The minimum absolute atomic E-state index is 0.735. The molecular formula is C6H9O6-. The van der Waals surface area contributed by atoms with Gasteiger partial charge in [0.05, 0.1) is 12.7 Å². The summed E-state index contributed by atoms with van der Waals surface area (Å²) in [6.45, 7) is -0.735. The van der Waals surface area contributed by atoms with E-state index in [1.807, 2.05) is 0 Å². The van der Waals surface area contributed by atoms with Gasteiger partial charge in [0.25, 0.3) is 0 Å². The predicted molar refractivity (Wildman–Crippen MR) is 33.7 cm³/mol. The van der Waals surface area contributed by atoms with Gasteiger partial charge in [0.2, 0.25) is 0 Å². The summed E-state index contributed by atoms with van der Waals surface area (Å²) in [5.41, 5.74) is 0. The maximum atomic E-state index is 10.4. The molecule has 0 aromatic rings. The van der Waals surface area contributed by atoms with Gasteiger partial charge in [-0.05, 0) is 0 Å². The molecular weight excluding hydrogens is 168 g/mol. The summed E-state index contributed by atoms with van der Waals surface area (Å²) >= 11 is 0. The van der Waals surface area contributed by atoms with Crippen LogP contribution in [0.3, 0.4) is 0 Å². The third-order valence-electron chi connectivity index (χ3n) is 1.25. The van der Waals surface area contributed by atoms with Gasteiger partial charge in [-0.25, -0.2) is 0 Å². The van der Waals surface area contributed by atoms with Crippen LogP contribution in [-0.2, 0) is 9.59 Å². The standard InChI is InChI=1S/C6H10O6/c7-2-5(10)3(8)1-4(9)6(11)12/h3,5,7-8,10H,1-2H2,(H,11,12)/p-1. The Labute approximate surface area is 68.1 Å². The number of Topliss-reactive ketones (excluding diaryl/α,β-unsaturated/α-hetero) is 1. The second kappa shape index (κ2) is 4.81. The second-order valence-electron chi connectivity index (χ2n) is 2.23. The van der Waals surface area contributed by atoms with E-state index in [0.29, 0.717) is 0 Å². The lowest BCUT2D eigenvalue weighted by atomic mass is 10.1. The maximum absolute atomic E-state index is 10.4. The Bertz CT molecular complexity index is 177. The largest absolute Gasteiger partial charge is 0.542 e. The molecule has 6 nitrogen and oxygen atoms in total. The van der Waals surface area contributed by atoms with E-state index in [4.69, 9.17) is 15.3 Å². The zero-order valence-electron chi connectivity index (χ0n) is 6.14. The molecule has 0 aromatic carbocycles. The lowest BCUT2D eigenvalue weighted by Gasteiger charge is -2.14. The van der Waals surface area contributed by atoms with Crippen LogP contribution in [0.2, 0.25) is 0 Å². The fourth-order valence-corrected chi connectivity index (χ4v) is 0.531. The van der Waals surface area contributed by atoms with E-state index in [9.17, 15) is 14.7 Å². The van der Waals surface area contributed by atoms with E-state index < -0.39 is 37.0 Å². The number of hydrogen-bond donors (Lipinski definition) is 3. The molecule has 0 aliphatic heterocycles. The van der Waals surface area contributed by atoms with Crippen molar-refractivity contribution in [2.24, 2.45) is 0 Å². The van der Waals surface area contributed by atoms with Gasteiger partial charge in [-0.1, -0.05) is 0 Å². The number of hydrogen-bond acceptors (Lipinski definition) is 6. The zero-order valence-corrected chi connectivity index (χ0v) is 6.14. The number of aliphatic hydroxyl groups is 3. The molecule has 2 atom stereocenters. The normalized spacial score (nSPS) is 15.2. The Balaban J connectivity index is 3.92. The van der Waals surface area contributed by atoms with Crippen LogP contribution in [0.1, 0.15) is 6.42 Å². The SMILES string of the molecule is O=C([O-])C(=O)CC(O)C(O)CO. The summed E-state index contributed by atoms with van der Waals surface area (Å²) in [5.74, 6) is -3.23. The fourth-order valence-electron chi connectivity index (χ4n) is 0.531. The first-order valence-corrected chi connectivity index (χ1v) is 3.20. The van der Waals surface area contributed by atoms with Crippen molar-refractivity contribution in [3.63, 3.8) is 0 Å².